The van der Waals surface area contributed by atoms with E-state index in [0.717, 1.165) is 11.1 Å². The number of nitrogens with one attached hydrogen (secondary N) is 1. The van der Waals surface area contributed by atoms with Gasteiger partial charge in [0.15, 0.2) is 6.19 Å². The zero-order chi connectivity index (χ0) is 11.8. The molecule has 1 N–H and O–H groups in total. The van der Waals surface area contributed by atoms with Crippen LogP contribution in [-0.4, -0.2) is 5.91 Å². The number of amides is 1. The van der Waals surface area contributed by atoms with Crippen molar-refractivity contribution in [2.45, 2.75) is 20.3 Å². The fourth-order valence-electron chi connectivity index (χ4n) is 0.879. The summed E-state index contributed by atoms with van der Waals surface area (Å²) in [6.45, 7) is 11.5. The maximum atomic E-state index is 11.1. The molecule has 3 heteroatoms. The van der Waals surface area contributed by atoms with Crippen molar-refractivity contribution in [3.63, 3.8) is 0 Å². The zero-order valence-electron chi connectivity index (χ0n) is 9.21. The van der Waals surface area contributed by atoms with Gasteiger partial charge in [-0.3, -0.25) is 10.1 Å². The van der Waals surface area contributed by atoms with E-state index in [1.165, 1.54) is 0 Å². The lowest BCUT2D eigenvalue weighted by Gasteiger charge is -2.06. The highest BCUT2D eigenvalue weighted by molar-refractivity contribution is 5.80. The van der Waals surface area contributed by atoms with Crippen molar-refractivity contribution < 1.29 is 4.79 Å². The summed E-state index contributed by atoms with van der Waals surface area (Å²) < 4.78 is 0. The maximum Gasteiger partial charge on any atom is 0.237 e. The number of rotatable bonds is 5. The number of allylic oxidation sites excluding steroid dienone is 3. The summed E-state index contributed by atoms with van der Waals surface area (Å²) in [7, 11) is 0. The van der Waals surface area contributed by atoms with Crippen LogP contribution in [0.1, 0.15) is 20.3 Å². The molecule has 0 aliphatic rings. The van der Waals surface area contributed by atoms with Crippen molar-refractivity contribution in [3.8, 4) is 6.19 Å². The van der Waals surface area contributed by atoms with E-state index in [9.17, 15) is 4.79 Å². The molecule has 0 aliphatic heterocycles. The molecule has 0 radical (unpaired) electrons. The Balaban J connectivity index is 4.51. The smallest absolute Gasteiger partial charge is 0.237 e. The molecular weight excluding hydrogens is 188 g/mol. The average Bonchev–Trinajstić information content (AvgIpc) is 2.16. The molecule has 3 nitrogen and oxygen atoms in total. The van der Waals surface area contributed by atoms with Gasteiger partial charge in [0.2, 0.25) is 5.91 Å². The third-order valence-electron chi connectivity index (χ3n) is 1.93. The van der Waals surface area contributed by atoms with Gasteiger partial charge >= 0.3 is 0 Å². The normalized spacial score (nSPS) is 10.7. The summed E-state index contributed by atoms with van der Waals surface area (Å²) in [6, 6.07) is 0. The molecular formula is C12H16N2O. The second-order valence-electron chi connectivity index (χ2n) is 3.49. The maximum absolute atomic E-state index is 11.1. The van der Waals surface area contributed by atoms with Gasteiger partial charge in [-0.05, 0) is 11.5 Å². The summed E-state index contributed by atoms with van der Waals surface area (Å²) in [6.07, 6.45) is 5.17. The summed E-state index contributed by atoms with van der Waals surface area (Å²) in [4.78, 5) is 11.1. The van der Waals surface area contributed by atoms with Crippen LogP contribution in [0.25, 0.3) is 0 Å². The van der Waals surface area contributed by atoms with Crippen LogP contribution in [0.3, 0.4) is 0 Å². The number of hydrogen-bond donors (Lipinski definition) is 1. The van der Waals surface area contributed by atoms with Crippen molar-refractivity contribution in [3.05, 3.63) is 36.5 Å². The minimum absolute atomic E-state index is 0.156. The van der Waals surface area contributed by atoms with E-state index in [0.29, 0.717) is 5.92 Å². The largest absolute Gasteiger partial charge is 0.274 e. The Hall–Kier alpha value is -1.82. The first-order valence-electron chi connectivity index (χ1n) is 4.71. The van der Waals surface area contributed by atoms with Crippen LogP contribution in [0.15, 0.2) is 36.5 Å². The first kappa shape index (κ1) is 13.2. The number of nitrogens with zero attached hydrogens (tertiary/aromatic N) is 1. The lowest BCUT2D eigenvalue weighted by molar-refractivity contribution is -0.119. The Morgan fingerprint density at radius 1 is 1.60 bits per heavy atom. The quantitative estimate of drug-likeness (QED) is 0.424. The third-order valence-corrected chi connectivity index (χ3v) is 1.93. The summed E-state index contributed by atoms with van der Waals surface area (Å²) in [5.74, 6) is -0.000755. The Bertz CT molecular complexity index is 332. The van der Waals surface area contributed by atoms with Crippen molar-refractivity contribution in [1.82, 2.24) is 5.32 Å². The van der Waals surface area contributed by atoms with E-state index >= 15 is 0 Å². The molecule has 0 rings (SSSR count). The minimum Gasteiger partial charge on any atom is -0.274 e. The molecule has 0 aromatic rings. The van der Waals surface area contributed by atoms with Gasteiger partial charge in [-0.15, -0.1) is 0 Å². The van der Waals surface area contributed by atoms with Crippen LogP contribution in [0, 0.1) is 17.4 Å². The molecule has 0 heterocycles. The van der Waals surface area contributed by atoms with Gasteiger partial charge in [-0.2, -0.15) is 5.26 Å². The molecule has 1 amide bonds. The van der Waals surface area contributed by atoms with Crippen LogP contribution in [-0.2, 0) is 4.79 Å². The van der Waals surface area contributed by atoms with Gasteiger partial charge in [-0.25, -0.2) is 0 Å². The molecule has 0 aromatic carbocycles. The van der Waals surface area contributed by atoms with Crippen LogP contribution in [0.4, 0.5) is 0 Å². The molecule has 0 spiro atoms. The molecule has 0 aliphatic carbocycles. The van der Waals surface area contributed by atoms with Crippen LogP contribution < -0.4 is 5.32 Å². The van der Waals surface area contributed by atoms with Gasteiger partial charge in [0.25, 0.3) is 0 Å². The van der Waals surface area contributed by atoms with Crippen molar-refractivity contribution in [1.29, 1.82) is 5.26 Å². The van der Waals surface area contributed by atoms with Crippen LogP contribution in [0.5, 0.6) is 0 Å². The van der Waals surface area contributed by atoms with Crippen LogP contribution >= 0.6 is 0 Å². The number of nitriles is 1. The lowest BCUT2D eigenvalue weighted by Crippen LogP contribution is -2.17. The second-order valence-corrected chi connectivity index (χ2v) is 3.49. The van der Waals surface area contributed by atoms with Gasteiger partial charge in [-0.1, -0.05) is 44.7 Å². The Labute approximate surface area is 90.8 Å². The third kappa shape index (κ3) is 5.48. The number of carbonyl (C=O) groups is 1. The molecule has 15 heavy (non-hydrogen) atoms. The molecule has 0 saturated carbocycles. The molecule has 0 fully saturated rings. The highest BCUT2D eigenvalue weighted by atomic mass is 16.1. The van der Waals surface area contributed by atoms with Crippen molar-refractivity contribution >= 4 is 5.91 Å². The van der Waals surface area contributed by atoms with E-state index < -0.39 is 0 Å². The summed E-state index contributed by atoms with van der Waals surface area (Å²) in [5.41, 5.74) is 1.70. The van der Waals surface area contributed by atoms with E-state index in [1.54, 1.807) is 12.3 Å². The Morgan fingerprint density at radius 3 is 2.60 bits per heavy atom. The number of hydrogen-bond acceptors (Lipinski definition) is 2. The van der Waals surface area contributed by atoms with Gasteiger partial charge < -0.3 is 0 Å². The predicted molar refractivity (Wildman–Crippen MR) is 60.6 cm³/mol. The fraction of sp³-hybridized carbons (Fsp3) is 0.333. The SMILES string of the molecule is C=C/C(=C\C(=C)C(C)C)CC(=O)NC#N. The van der Waals surface area contributed by atoms with E-state index in [-0.39, 0.29) is 12.3 Å². The van der Waals surface area contributed by atoms with E-state index in [1.807, 2.05) is 19.9 Å². The van der Waals surface area contributed by atoms with Crippen LogP contribution in [0.2, 0.25) is 0 Å². The van der Waals surface area contributed by atoms with Crippen molar-refractivity contribution in [2.75, 3.05) is 0 Å². The molecule has 80 valence electrons. The predicted octanol–water partition coefficient (Wildman–Crippen LogP) is 2.30. The summed E-state index contributed by atoms with van der Waals surface area (Å²) in [5, 5.41) is 10.3. The Kier molecular flexibility index (Phi) is 5.81. The molecule has 0 unspecified atom stereocenters. The standard InChI is InChI=1S/C12H16N2O/c1-5-11(6-10(4)9(2)3)7-12(15)14-8-13/h5-6,9H,1,4,7H2,2-3H3,(H,14,15)/b11-6+. The highest BCUT2D eigenvalue weighted by Gasteiger charge is 2.04. The first-order valence-corrected chi connectivity index (χ1v) is 4.71. The average molecular weight is 204 g/mol. The molecule has 0 atom stereocenters. The number of carbonyl (C=O) groups excluding carboxylic acids is 1. The first-order chi connectivity index (χ1) is 7.01. The van der Waals surface area contributed by atoms with E-state index in [2.05, 4.69) is 18.5 Å². The highest BCUT2D eigenvalue weighted by Crippen LogP contribution is 2.13. The summed E-state index contributed by atoms with van der Waals surface area (Å²) >= 11 is 0. The molecule has 0 aromatic heterocycles. The molecule has 0 saturated heterocycles. The Morgan fingerprint density at radius 2 is 2.20 bits per heavy atom. The monoisotopic (exact) mass is 204 g/mol. The zero-order valence-corrected chi connectivity index (χ0v) is 9.21. The topological polar surface area (TPSA) is 52.9 Å². The molecule has 0 bridgehead atoms. The fourth-order valence-corrected chi connectivity index (χ4v) is 0.879. The second kappa shape index (κ2) is 6.61. The van der Waals surface area contributed by atoms with Gasteiger partial charge in [0, 0.05) is 0 Å². The van der Waals surface area contributed by atoms with Gasteiger partial charge in [0.05, 0.1) is 6.42 Å². The minimum atomic E-state index is -0.333. The lowest BCUT2D eigenvalue weighted by atomic mass is 10.0. The van der Waals surface area contributed by atoms with Gasteiger partial charge in [0.1, 0.15) is 0 Å². The van der Waals surface area contributed by atoms with Crippen molar-refractivity contribution in [2.24, 2.45) is 5.92 Å². The van der Waals surface area contributed by atoms with E-state index in [4.69, 9.17) is 5.26 Å².